The highest BCUT2D eigenvalue weighted by molar-refractivity contribution is 5.97. The molecule has 0 spiro atoms. The largest absolute Gasteiger partial charge is 0.481 e. The van der Waals surface area contributed by atoms with Gasteiger partial charge in [-0.05, 0) is 26.8 Å². The first-order valence-electron chi connectivity index (χ1n) is 7.22. The summed E-state index contributed by atoms with van der Waals surface area (Å²) in [6.45, 7) is 4.44. The molecule has 1 rings (SSSR count). The minimum Gasteiger partial charge on any atom is -0.481 e. The van der Waals surface area contributed by atoms with Crippen molar-refractivity contribution < 1.29 is 24.4 Å². The van der Waals surface area contributed by atoms with Gasteiger partial charge in [0.05, 0.1) is 10.8 Å². The summed E-state index contributed by atoms with van der Waals surface area (Å²) in [5, 5.41) is 24.5. The fraction of sp³-hybridized carbons (Fsp3) is 0.400. The van der Waals surface area contributed by atoms with Crippen LogP contribution in [-0.4, -0.2) is 39.9 Å². The molecule has 24 heavy (non-hydrogen) atoms. The van der Waals surface area contributed by atoms with Crippen LogP contribution in [0, 0.1) is 16.0 Å². The zero-order valence-electron chi connectivity index (χ0n) is 13.5. The molecule has 3 N–H and O–H groups in total. The van der Waals surface area contributed by atoms with Gasteiger partial charge in [-0.2, -0.15) is 0 Å². The Kier molecular flexibility index (Phi) is 6.39. The molecule has 0 saturated heterocycles. The Morgan fingerprint density at radius 2 is 1.79 bits per heavy atom. The fourth-order valence-corrected chi connectivity index (χ4v) is 1.79. The van der Waals surface area contributed by atoms with E-state index in [1.807, 2.05) is 0 Å². The van der Waals surface area contributed by atoms with E-state index in [1.165, 1.54) is 32.0 Å². The van der Waals surface area contributed by atoms with E-state index < -0.39 is 40.7 Å². The molecule has 1 aromatic carbocycles. The van der Waals surface area contributed by atoms with E-state index in [0.717, 1.165) is 6.07 Å². The maximum Gasteiger partial charge on any atom is 0.308 e. The second-order valence-electron chi connectivity index (χ2n) is 5.43. The summed E-state index contributed by atoms with van der Waals surface area (Å²) in [6, 6.07) is 3.57. The number of aliphatic carboxylic acids is 1. The van der Waals surface area contributed by atoms with Crippen LogP contribution in [0.2, 0.25) is 0 Å². The number of non-ortho nitro benzene ring substituents is 1. The number of carboxylic acids is 1. The number of hydrogen-bond donors (Lipinski definition) is 3. The van der Waals surface area contributed by atoms with Gasteiger partial charge in [-0.25, -0.2) is 0 Å². The minimum atomic E-state index is -1.05. The quantitative estimate of drug-likeness (QED) is 0.500. The predicted molar refractivity (Wildman–Crippen MR) is 84.4 cm³/mol. The third kappa shape index (κ3) is 5.04. The van der Waals surface area contributed by atoms with Gasteiger partial charge < -0.3 is 15.7 Å². The SMILES string of the molecule is CC(NC(=O)c1cccc([N+](=O)[O-])c1)C(=O)NC(C)C(C)C(=O)O. The van der Waals surface area contributed by atoms with Crippen LogP contribution >= 0.6 is 0 Å². The van der Waals surface area contributed by atoms with Crippen molar-refractivity contribution in [3.63, 3.8) is 0 Å². The number of benzene rings is 1. The van der Waals surface area contributed by atoms with Crippen LogP contribution in [0.4, 0.5) is 5.69 Å². The van der Waals surface area contributed by atoms with E-state index in [9.17, 15) is 24.5 Å². The van der Waals surface area contributed by atoms with E-state index in [-0.39, 0.29) is 11.3 Å². The molecule has 0 heterocycles. The molecule has 130 valence electrons. The molecule has 0 saturated carbocycles. The summed E-state index contributed by atoms with van der Waals surface area (Å²) in [5.41, 5.74) is -0.181. The average Bonchev–Trinajstić information content (AvgIpc) is 2.53. The number of nitro groups is 1. The van der Waals surface area contributed by atoms with Crippen LogP contribution in [0.3, 0.4) is 0 Å². The lowest BCUT2D eigenvalue weighted by atomic mass is 10.0. The summed E-state index contributed by atoms with van der Waals surface area (Å²) >= 11 is 0. The van der Waals surface area contributed by atoms with E-state index >= 15 is 0 Å². The molecule has 1 aromatic rings. The van der Waals surface area contributed by atoms with Gasteiger partial charge in [0, 0.05) is 23.7 Å². The Hall–Kier alpha value is -2.97. The number of rotatable bonds is 7. The first-order valence-corrected chi connectivity index (χ1v) is 7.22. The first-order chi connectivity index (χ1) is 11.1. The topological polar surface area (TPSA) is 139 Å². The third-order valence-corrected chi connectivity index (χ3v) is 3.57. The van der Waals surface area contributed by atoms with Gasteiger partial charge in [0.25, 0.3) is 11.6 Å². The number of nitrogens with one attached hydrogen (secondary N) is 2. The van der Waals surface area contributed by atoms with Crippen molar-refractivity contribution in [3.8, 4) is 0 Å². The lowest BCUT2D eigenvalue weighted by Gasteiger charge is -2.21. The van der Waals surface area contributed by atoms with Crippen LogP contribution in [0.25, 0.3) is 0 Å². The van der Waals surface area contributed by atoms with Gasteiger partial charge in [-0.1, -0.05) is 6.07 Å². The van der Waals surface area contributed by atoms with Crippen LogP contribution in [-0.2, 0) is 9.59 Å². The maximum atomic E-state index is 12.1. The molecule has 2 amide bonds. The van der Waals surface area contributed by atoms with Gasteiger partial charge in [0.2, 0.25) is 5.91 Å². The number of carboxylic acid groups (broad SMARTS) is 1. The molecule has 3 atom stereocenters. The van der Waals surface area contributed by atoms with Crippen LogP contribution in [0.1, 0.15) is 31.1 Å². The molecule has 0 fully saturated rings. The summed E-state index contributed by atoms with van der Waals surface area (Å²) in [7, 11) is 0. The molecule has 0 aromatic heterocycles. The van der Waals surface area contributed by atoms with Gasteiger partial charge in [0.1, 0.15) is 6.04 Å². The van der Waals surface area contributed by atoms with Crippen molar-refractivity contribution in [1.82, 2.24) is 10.6 Å². The van der Waals surface area contributed by atoms with Crippen LogP contribution in [0.5, 0.6) is 0 Å². The summed E-state index contributed by atoms with van der Waals surface area (Å²) in [5.74, 6) is -3.01. The molecule has 0 aliphatic rings. The van der Waals surface area contributed by atoms with E-state index in [4.69, 9.17) is 5.11 Å². The van der Waals surface area contributed by atoms with E-state index in [2.05, 4.69) is 10.6 Å². The molecule has 0 bridgehead atoms. The fourth-order valence-electron chi connectivity index (χ4n) is 1.79. The normalized spacial score (nSPS) is 14.1. The Morgan fingerprint density at radius 3 is 2.33 bits per heavy atom. The van der Waals surface area contributed by atoms with Crippen LogP contribution in [0.15, 0.2) is 24.3 Å². The second kappa shape index (κ2) is 8.04. The molecule has 3 unspecified atom stereocenters. The molecule has 9 heteroatoms. The number of carbonyl (C=O) groups excluding carboxylic acids is 2. The Balaban J connectivity index is 2.69. The van der Waals surface area contributed by atoms with Gasteiger partial charge in [0.15, 0.2) is 0 Å². The number of hydrogen-bond acceptors (Lipinski definition) is 5. The number of amides is 2. The van der Waals surface area contributed by atoms with E-state index in [0.29, 0.717) is 0 Å². The minimum absolute atomic E-state index is 0.0517. The zero-order valence-corrected chi connectivity index (χ0v) is 13.5. The molecular weight excluding hydrogens is 318 g/mol. The standard InChI is InChI=1S/C15H19N3O6/c1-8(15(21)22)9(2)16-13(19)10(3)17-14(20)11-5-4-6-12(7-11)18(23)24/h4-10H,1-3H3,(H,16,19)(H,17,20)(H,21,22). The Labute approximate surface area is 138 Å². The molecule has 9 nitrogen and oxygen atoms in total. The maximum absolute atomic E-state index is 12.1. The van der Waals surface area contributed by atoms with Crippen molar-refractivity contribution in [2.24, 2.45) is 5.92 Å². The molecule has 0 radical (unpaired) electrons. The molecule has 0 aliphatic carbocycles. The third-order valence-electron chi connectivity index (χ3n) is 3.57. The second-order valence-corrected chi connectivity index (χ2v) is 5.43. The summed E-state index contributed by atoms with van der Waals surface area (Å²) in [4.78, 5) is 45.0. The number of nitro benzene ring substituents is 1. The number of nitrogens with zero attached hydrogens (tertiary/aromatic N) is 1. The monoisotopic (exact) mass is 337 g/mol. The van der Waals surface area contributed by atoms with Crippen molar-refractivity contribution in [1.29, 1.82) is 0 Å². The predicted octanol–water partition coefficient (Wildman–Crippen LogP) is 0.938. The Morgan fingerprint density at radius 1 is 1.17 bits per heavy atom. The average molecular weight is 337 g/mol. The highest BCUT2D eigenvalue weighted by Gasteiger charge is 2.24. The highest BCUT2D eigenvalue weighted by Crippen LogP contribution is 2.13. The van der Waals surface area contributed by atoms with Gasteiger partial charge >= 0.3 is 5.97 Å². The lowest BCUT2D eigenvalue weighted by molar-refractivity contribution is -0.384. The van der Waals surface area contributed by atoms with Gasteiger partial charge in [-0.3, -0.25) is 24.5 Å². The number of carbonyl (C=O) groups is 3. The van der Waals surface area contributed by atoms with Crippen LogP contribution < -0.4 is 10.6 Å². The molecule has 0 aliphatic heterocycles. The smallest absolute Gasteiger partial charge is 0.308 e. The molecular formula is C15H19N3O6. The van der Waals surface area contributed by atoms with Crippen molar-refractivity contribution in [3.05, 3.63) is 39.9 Å². The first kappa shape index (κ1) is 19.1. The lowest BCUT2D eigenvalue weighted by Crippen LogP contribution is -2.49. The van der Waals surface area contributed by atoms with Crippen molar-refractivity contribution in [2.75, 3.05) is 0 Å². The summed E-state index contributed by atoms with van der Waals surface area (Å²) < 4.78 is 0. The van der Waals surface area contributed by atoms with E-state index in [1.54, 1.807) is 6.92 Å². The zero-order chi connectivity index (χ0) is 18.4. The van der Waals surface area contributed by atoms with Gasteiger partial charge in [-0.15, -0.1) is 0 Å². The highest BCUT2D eigenvalue weighted by atomic mass is 16.6. The van der Waals surface area contributed by atoms with Crippen molar-refractivity contribution in [2.45, 2.75) is 32.9 Å². The summed E-state index contributed by atoms with van der Waals surface area (Å²) in [6.07, 6.45) is 0. The van der Waals surface area contributed by atoms with Crippen molar-refractivity contribution >= 4 is 23.5 Å². The Bertz CT molecular complexity index is 660.